The number of nitro groups is 1. The molecule has 3 aliphatic heterocycles. The Morgan fingerprint density at radius 1 is 1.17 bits per heavy atom. The smallest absolute Gasteiger partial charge is 0.256 e. The first-order chi connectivity index (χ1) is 17.4. The molecule has 3 aromatic rings. The zero-order valence-electron chi connectivity index (χ0n) is 19.2. The number of carbonyl (C=O) groups is 1. The molecule has 0 bridgehead atoms. The molecule has 2 fully saturated rings. The predicted octanol–water partition coefficient (Wildman–Crippen LogP) is 5.22. The first-order valence-electron chi connectivity index (χ1n) is 11.9. The minimum absolute atomic E-state index is 0.129. The summed E-state index contributed by atoms with van der Waals surface area (Å²) in [4.78, 5) is 28.0. The van der Waals surface area contributed by atoms with Gasteiger partial charge >= 0.3 is 0 Å². The van der Waals surface area contributed by atoms with Crippen LogP contribution in [0.25, 0.3) is 0 Å². The van der Waals surface area contributed by atoms with Crippen LogP contribution in [-0.2, 0) is 16.9 Å². The molecule has 7 nitrogen and oxygen atoms in total. The zero-order chi connectivity index (χ0) is 25.0. The topological polar surface area (TPSA) is 84.7 Å². The highest BCUT2D eigenvalue weighted by Crippen LogP contribution is 2.58. The lowest BCUT2D eigenvalue weighted by Crippen LogP contribution is -2.55. The Balaban J connectivity index is 1.37. The molecular formula is C27H23BrFN3O4. The molecule has 0 radical (unpaired) electrons. The third-order valence-corrected chi connectivity index (χ3v) is 8.36. The number of nitrogens with one attached hydrogen (secondary N) is 1. The number of halogens is 2. The van der Waals surface area contributed by atoms with Crippen LogP contribution in [0.2, 0.25) is 0 Å². The lowest BCUT2D eigenvalue weighted by molar-refractivity contribution is -0.534. The van der Waals surface area contributed by atoms with Gasteiger partial charge in [0.25, 0.3) is 11.9 Å². The van der Waals surface area contributed by atoms with Gasteiger partial charge in [0.1, 0.15) is 18.2 Å². The van der Waals surface area contributed by atoms with E-state index in [9.17, 15) is 19.3 Å². The lowest BCUT2D eigenvalue weighted by Gasteiger charge is -2.32. The second-order valence-electron chi connectivity index (χ2n) is 9.53. The minimum Gasteiger partial charge on any atom is -0.488 e. The molecule has 1 N–H and O–H groups in total. The summed E-state index contributed by atoms with van der Waals surface area (Å²) >= 11 is 3.57. The molecular weight excluding hydrogens is 529 g/mol. The summed E-state index contributed by atoms with van der Waals surface area (Å²) < 4.78 is 19.8. The Morgan fingerprint density at radius 3 is 2.69 bits per heavy atom. The Bertz CT molecular complexity index is 1370. The van der Waals surface area contributed by atoms with Crippen molar-refractivity contribution in [2.45, 2.75) is 43.0 Å². The molecule has 0 aliphatic carbocycles. The molecule has 6 rings (SSSR count). The van der Waals surface area contributed by atoms with Crippen molar-refractivity contribution in [1.82, 2.24) is 4.90 Å². The Labute approximate surface area is 215 Å². The number of hydrogen-bond donors (Lipinski definition) is 1. The molecule has 3 aliphatic rings. The Morgan fingerprint density at radius 2 is 1.94 bits per heavy atom. The van der Waals surface area contributed by atoms with E-state index in [0.29, 0.717) is 28.0 Å². The van der Waals surface area contributed by atoms with Gasteiger partial charge in [-0.15, -0.1) is 0 Å². The summed E-state index contributed by atoms with van der Waals surface area (Å²) in [6.07, 6.45) is 1.66. The van der Waals surface area contributed by atoms with E-state index in [0.717, 1.165) is 24.0 Å². The number of hydrogen-bond acceptors (Lipinski definition) is 5. The minimum atomic E-state index is -1.34. The number of anilines is 1. The summed E-state index contributed by atoms with van der Waals surface area (Å²) in [7, 11) is 0. The predicted molar refractivity (Wildman–Crippen MR) is 135 cm³/mol. The highest BCUT2D eigenvalue weighted by atomic mass is 79.9. The third-order valence-electron chi connectivity index (χ3n) is 7.74. The number of rotatable bonds is 5. The second-order valence-corrected chi connectivity index (χ2v) is 10.4. The molecule has 0 aromatic heterocycles. The van der Waals surface area contributed by atoms with Gasteiger partial charge in [-0.1, -0.05) is 36.4 Å². The maximum atomic E-state index is 13.5. The van der Waals surface area contributed by atoms with Crippen molar-refractivity contribution in [2.24, 2.45) is 0 Å². The van der Waals surface area contributed by atoms with Gasteiger partial charge in [-0.25, -0.2) is 4.39 Å². The maximum absolute atomic E-state index is 13.5. The molecule has 36 heavy (non-hydrogen) atoms. The summed E-state index contributed by atoms with van der Waals surface area (Å²) in [5.41, 5.74) is 1.61. The van der Waals surface area contributed by atoms with Crippen LogP contribution in [0.3, 0.4) is 0 Å². The van der Waals surface area contributed by atoms with Crippen LogP contribution < -0.4 is 10.1 Å². The number of ether oxygens (including phenoxy) is 1. The van der Waals surface area contributed by atoms with E-state index in [1.807, 2.05) is 30.3 Å². The number of benzene rings is 3. The maximum Gasteiger partial charge on any atom is 0.256 e. The van der Waals surface area contributed by atoms with Gasteiger partial charge in [0.05, 0.1) is 10.4 Å². The molecule has 0 saturated carbocycles. The SMILES string of the molecule is O=C1Nc2ccccc2[C@]12[C@H]([N+](=O)[O-])[C@H](c1ccc(OCc3ccc(F)cc3)c(Br)c1)[C@@H]1CCCN12. The van der Waals surface area contributed by atoms with Crippen LogP contribution >= 0.6 is 15.9 Å². The number of para-hydroxylation sites is 1. The van der Waals surface area contributed by atoms with Crippen LogP contribution in [0.4, 0.5) is 10.1 Å². The van der Waals surface area contributed by atoms with Crippen molar-refractivity contribution in [3.63, 3.8) is 0 Å². The third kappa shape index (κ3) is 3.37. The van der Waals surface area contributed by atoms with Gasteiger partial charge in [-0.05, 0) is 70.2 Å². The second kappa shape index (κ2) is 8.67. The van der Waals surface area contributed by atoms with Crippen molar-refractivity contribution in [1.29, 1.82) is 0 Å². The van der Waals surface area contributed by atoms with Crippen molar-refractivity contribution < 1.29 is 18.8 Å². The molecule has 1 amide bonds. The molecule has 2 saturated heterocycles. The standard InChI is InChI=1S/C27H23BrFN3O4/c28-20-14-17(9-12-23(20)36-15-16-7-10-18(29)11-8-16)24-22-6-3-13-31(22)27(25(24)32(34)35)19-4-1-2-5-21(19)30-26(27)33/h1-2,4-5,7-12,14,22,24-25H,3,6,13,15H2,(H,30,33)/t22-,24+,25+,27-/m0/s1. The molecule has 3 heterocycles. The zero-order valence-corrected chi connectivity index (χ0v) is 20.8. The fourth-order valence-corrected chi connectivity index (χ4v) is 6.87. The molecule has 184 valence electrons. The van der Waals surface area contributed by atoms with Crippen molar-refractivity contribution in [2.75, 3.05) is 11.9 Å². The Kier molecular flexibility index (Phi) is 5.57. The summed E-state index contributed by atoms with van der Waals surface area (Å²) in [6.45, 7) is 0.892. The van der Waals surface area contributed by atoms with Crippen molar-refractivity contribution in [3.05, 3.63) is 104 Å². The number of carbonyl (C=O) groups excluding carboxylic acids is 1. The monoisotopic (exact) mass is 551 g/mol. The number of fused-ring (bicyclic) bond motifs is 4. The van der Waals surface area contributed by atoms with Crippen molar-refractivity contribution in [3.8, 4) is 5.75 Å². The average molecular weight is 552 g/mol. The van der Waals surface area contributed by atoms with E-state index in [1.165, 1.54) is 12.1 Å². The van der Waals surface area contributed by atoms with Gasteiger partial charge < -0.3 is 10.1 Å². The van der Waals surface area contributed by atoms with Crippen molar-refractivity contribution >= 4 is 27.5 Å². The highest BCUT2D eigenvalue weighted by molar-refractivity contribution is 9.10. The summed E-state index contributed by atoms with van der Waals surface area (Å²) in [5.74, 6) is -0.515. The van der Waals surface area contributed by atoms with Gasteiger partial charge in [0.15, 0.2) is 5.54 Å². The summed E-state index contributed by atoms with van der Waals surface area (Å²) in [5, 5.41) is 15.6. The average Bonchev–Trinajstić information content (AvgIpc) is 3.52. The molecule has 9 heteroatoms. The fourth-order valence-electron chi connectivity index (χ4n) is 6.36. The summed E-state index contributed by atoms with van der Waals surface area (Å²) in [6, 6.07) is 17.7. The van der Waals surface area contributed by atoms with Gasteiger partial charge in [-0.2, -0.15) is 0 Å². The van der Waals surface area contributed by atoms with E-state index in [4.69, 9.17) is 4.74 Å². The fraction of sp³-hybridized carbons (Fsp3) is 0.296. The van der Waals surface area contributed by atoms with E-state index in [-0.39, 0.29) is 29.3 Å². The molecule has 0 unspecified atom stereocenters. The number of amides is 1. The van der Waals surface area contributed by atoms with Gasteiger partial charge in [0, 0.05) is 28.8 Å². The molecule has 1 spiro atoms. The first-order valence-corrected chi connectivity index (χ1v) is 12.7. The van der Waals surface area contributed by atoms with Crippen LogP contribution in [0.5, 0.6) is 5.75 Å². The molecule has 3 aromatic carbocycles. The van der Waals surface area contributed by atoms with Gasteiger partial charge in [0.2, 0.25) is 0 Å². The quantitative estimate of drug-likeness (QED) is 0.347. The van der Waals surface area contributed by atoms with E-state index in [1.54, 1.807) is 24.3 Å². The lowest BCUT2D eigenvalue weighted by atomic mass is 9.77. The van der Waals surface area contributed by atoms with Crippen LogP contribution in [-0.4, -0.2) is 34.4 Å². The largest absolute Gasteiger partial charge is 0.488 e. The van der Waals surface area contributed by atoms with Crippen LogP contribution in [0.1, 0.15) is 35.4 Å². The normalized spacial score (nSPS) is 26.6. The van der Waals surface area contributed by atoms with Gasteiger partial charge in [-0.3, -0.25) is 19.8 Å². The first kappa shape index (κ1) is 23.1. The highest BCUT2D eigenvalue weighted by Gasteiger charge is 2.73. The van der Waals surface area contributed by atoms with E-state index < -0.39 is 17.5 Å². The van der Waals surface area contributed by atoms with E-state index >= 15 is 0 Å². The molecule has 4 atom stereocenters. The van der Waals surface area contributed by atoms with E-state index in [2.05, 4.69) is 26.1 Å². The van der Waals surface area contributed by atoms with Crippen LogP contribution in [0, 0.1) is 15.9 Å². The number of nitrogens with zero attached hydrogens (tertiary/aromatic N) is 2. The Hall–Kier alpha value is -3.30. The van der Waals surface area contributed by atoms with Crippen LogP contribution in [0.15, 0.2) is 71.2 Å².